The molecule has 0 aliphatic heterocycles. The van der Waals surface area contributed by atoms with Crippen molar-refractivity contribution in [3.05, 3.63) is 11.9 Å². The Hall–Kier alpha value is -1.40. The van der Waals surface area contributed by atoms with E-state index in [0.29, 0.717) is 5.82 Å². The SMILES string of the molecule is CC(C)c1nc(NN)cc(NCCCCO)n1. The summed E-state index contributed by atoms with van der Waals surface area (Å²) in [6.45, 7) is 5.06. The van der Waals surface area contributed by atoms with E-state index in [-0.39, 0.29) is 12.5 Å². The van der Waals surface area contributed by atoms with E-state index in [4.69, 9.17) is 10.9 Å². The summed E-state index contributed by atoms with van der Waals surface area (Å²) >= 11 is 0. The van der Waals surface area contributed by atoms with Crippen LogP contribution in [0.4, 0.5) is 11.6 Å². The Balaban J connectivity index is 2.66. The molecule has 0 aromatic carbocycles. The summed E-state index contributed by atoms with van der Waals surface area (Å²) < 4.78 is 0. The second-order valence-corrected chi connectivity index (χ2v) is 4.15. The van der Waals surface area contributed by atoms with E-state index in [1.54, 1.807) is 6.07 Å². The van der Waals surface area contributed by atoms with Crippen LogP contribution in [0.25, 0.3) is 0 Å². The molecule has 1 aromatic rings. The number of nitrogens with one attached hydrogen (secondary N) is 2. The Kier molecular flexibility index (Phi) is 5.65. The lowest BCUT2D eigenvalue weighted by atomic mass is 10.2. The smallest absolute Gasteiger partial charge is 0.145 e. The summed E-state index contributed by atoms with van der Waals surface area (Å²) in [5.41, 5.74) is 2.53. The third kappa shape index (κ3) is 4.54. The monoisotopic (exact) mass is 239 g/mol. The minimum absolute atomic E-state index is 0.221. The number of nitrogens with zero attached hydrogens (tertiary/aromatic N) is 2. The summed E-state index contributed by atoms with van der Waals surface area (Å²) in [7, 11) is 0. The number of anilines is 2. The topological polar surface area (TPSA) is 96.1 Å². The number of aliphatic hydroxyl groups is 1. The molecule has 0 atom stereocenters. The molecule has 0 spiro atoms. The van der Waals surface area contributed by atoms with Crippen molar-refractivity contribution in [3.63, 3.8) is 0 Å². The third-order valence-electron chi connectivity index (χ3n) is 2.30. The van der Waals surface area contributed by atoms with Crippen LogP contribution in [0.5, 0.6) is 0 Å². The molecule has 0 bridgehead atoms. The van der Waals surface area contributed by atoms with E-state index < -0.39 is 0 Å². The van der Waals surface area contributed by atoms with Gasteiger partial charge in [0, 0.05) is 25.1 Å². The molecule has 1 rings (SSSR count). The van der Waals surface area contributed by atoms with Crippen molar-refractivity contribution < 1.29 is 5.11 Å². The van der Waals surface area contributed by atoms with Crippen LogP contribution in [0.3, 0.4) is 0 Å². The van der Waals surface area contributed by atoms with Crippen molar-refractivity contribution in [1.29, 1.82) is 0 Å². The van der Waals surface area contributed by atoms with Crippen LogP contribution in [-0.4, -0.2) is 28.2 Å². The van der Waals surface area contributed by atoms with Gasteiger partial charge in [0.1, 0.15) is 17.5 Å². The highest BCUT2D eigenvalue weighted by Gasteiger charge is 2.07. The van der Waals surface area contributed by atoms with Crippen LogP contribution in [0.2, 0.25) is 0 Å². The van der Waals surface area contributed by atoms with Crippen molar-refractivity contribution in [2.45, 2.75) is 32.6 Å². The fourth-order valence-corrected chi connectivity index (χ4v) is 1.34. The fourth-order valence-electron chi connectivity index (χ4n) is 1.34. The van der Waals surface area contributed by atoms with Gasteiger partial charge in [0.25, 0.3) is 0 Å². The van der Waals surface area contributed by atoms with Gasteiger partial charge in [-0.05, 0) is 12.8 Å². The number of unbranched alkanes of at least 4 members (excludes halogenated alkanes) is 1. The Morgan fingerprint density at radius 3 is 2.59 bits per heavy atom. The van der Waals surface area contributed by atoms with Crippen LogP contribution >= 0.6 is 0 Å². The standard InChI is InChI=1S/C11H21N5O/c1-8(2)11-14-9(7-10(15-11)16-12)13-5-3-4-6-17/h7-8,17H,3-6,12H2,1-2H3,(H2,13,14,15,16). The van der Waals surface area contributed by atoms with Crippen molar-refractivity contribution in [2.24, 2.45) is 5.84 Å². The Morgan fingerprint density at radius 2 is 2.00 bits per heavy atom. The molecule has 1 heterocycles. The number of nitrogen functional groups attached to an aromatic ring is 1. The van der Waals surface area contributed by atoms with E-state index in [2.05, 4.69) is 20.7 Å². The van der Waals surface area contributed by atoms with Crippen molar-refractivity contribution >= 4 is 11.6 Å². The van der Waals surface area contributed by atoms with E-state index in [1.165, 1.54) is 0 Å². The average Bonchev–Trinajstić information content (AvgIpc) is 2.34. The van der Waals surface area contributed by atoms with E-state index in [0.717, 1.165) is 31.0 Å². The number of hydrazine groups is 1. The lowest BCUT2D eigenvalue weighted by Crippen LogP contribution is -2.13. The zero-order chi connectivity index (χ0) is 12.7. The van der Waals surface area contributed by atoms with Gasteiger partial charge in [-0.2, -0.15) is 0 Å². The summed E-state index contributed by atoms with van der Waals surface area (Å²) in [6, 6.07) is 1.77. The first-order valence-corrected chi connectivity index (χ1v) is 5.87. The molecule has 0 aliphatic carbocycles. The lowest BCUT2D eigenvalue weighted by molar-refractivity contribution is 0.286. The molecule has 17 heavy (non-hydrogen) atoms. The van der Waals surface area contributed by atoms with Gasteiger partial charge in [0.15, 0.2) is 0 Å². The predicted molar refractivity (Wildman–Crippen MR) is 68.7 cm³/mol. The predicted octanol–water partition coefficient (Wildman–Crippen LogP) is 1.07. The summed E-state index contributed by atoms with van der Waals surface area (Å²) in [5, 5.41) is 11.9. The highest BCUT2D eigenvalue weighted by Crippen LogP contribution is 2.16. The van der Waals surface area contributed by atoms with Crippen molar-refractivity contribution in [1.82, 2.24) is 9.97 Å². The van der Waals surface area contributed by atoms with Gasteiger partial charge < -0.3 is 15.8 Å². The molecule has 0 unspecified atom stereocenters. The quantitative estimate of drug-likeness (QED) is 0.323. The molecule has 0 saturated carbocycles. The molecule has 5 N–H and O–H groups in total. The van der Waals surface area contributed by atoms with Gasteiger partial charge >= 0.3 is 0 Å². The number of rotatable bonds is 7. The Morgan fingerprint density at radius 1 is 1.29 bits per heavy atom. The molecule has 0 radical (unpaired) electrons. The normalized spacial score (nSPS) is 10.6. The molecule has 0 amide bonds. The largest absolute Gasteiger partial charge is 0.396 e. The minimum Gasteiger partial charge on any atom is -0.396 e. The van der Waals surface area contributed by atoms with Gasteiger partial charge in [0.05, 0.1) is 0 Å². The number of hydrogen-bond acceptors (Lipinski definition) is 6. The van der Waals surface area contributed by atoms with Crippen LogP contribution in [-0.2, 0) is 0 Å². The van der Waals surface area contributed by atoms with Crippen molar-refractivity contribution in [2.75, 3.05) is 23.9 Å². The first kappa shape index (κ1) is 13.7. The summed E-state index contributed by atoms with van der Waals surface area (Å²) in [6.07, 6.45) is 1.69. The molecular formula is C11H21N5O. The van der Waals surface area contributed by atoms with E-state index >= 15 is 0 Å². The second-order valence-electron chi connectivity index (χ2n) is 4.15. The molecular weight excluding hydrogens is 218 g/mol. The zero-order valence-electron chi connectivity index (χ0n) is 10.4. The zero-order valence-corrected chi connectivity index (χ0v) is 10.4. The minimum atomic E-state index is 0.221. The fraction of sp³-hybridized carbons (Fsp3) is 0.636. The Labute approximate surface area is 102 Å². The highest BCUT2D eigenvalue weighted by molar-refractivity contribution is 5.47. The molecule has 6 heteroatoms. The van der Waals surface area contributed by atoms with E-state index in [9.17, 15) is 0 Å². The number of nitrogens with two attached hydrogens (primary N) is 1. The lowest BCUT2D eigenvalue weighted by Gasteiger charge is -2.11. The van der Waals surface area contributed by atoms with Crippen molar-refractivity contribution in [3.8, 4) is 0 Å². The summed E-state index contributed by atoms with van der Waals surface area (Å²) in [5.74, 6) is 7.73. The number of aliphatic hydroxyl groups excluding tert-OH is 1. The van der Waals surface area contributed by atoms with Crippen LogP contribution in [0.1, 0.15) is 38.4 Å². The second kappa shape index (κ2) is 7.03. The van der Waals surface area contributed by atoms with Gasteiger partial charge in [-0.3, -0.25) is 0 Å². The third-order valence-corrected chi connectivity index (χ3v) is 2.30. The average molecular weight is 239 g/mol. The number of aromatic nitrogens is 2. The highest BCUT2D eigenvalue weighted by atomic mass is 16.2. The molecule has 0 fully saturated rings. The maximum atomic E-state index is 8.68. The van der Waals surface area contributed by atoms with Gasteiger partial charge in [-0.15, -0.1) is 0 Å². The van der Waals surface area contributed by atoms with Crippen LogP contribution in [0.15, 0.2) is 6.07 Å². The first-order chi connectivity index (χ1) is 8.17. The molecule has 6 nitrogen and oxygen atoms in total. The van der Waals surface area contributed by atoms with Crippen LogP contribution in [0, 0.1) is 0 Å². The van der Waals surface area contributed by atoms with Gasteiger partial charge in [0.2, 0.25) is 0 Å². The molecule has 0 aliphatic rings. The Bertz CT molecular complexity index is 343. The maximum absolute atomic E-state index is 8.68. The number of hydrogen-bond donors (Lipinski definition) is 4. The van der Waals surface area contributed by atoms with Crippen LogP contribution < -0.4 is 16.6 Å². The van der Waals surface area contributed by atoms with Gasteiger partial charge in [-0.1, -0.05) is 13.8 Å². The maximum Gasteiger partial charge on any atom is 0.145 e. The molecule has 0 saturated heterocycles. The summed E-state index contributed by atoms with van der Waals surface area (Å²) in [4.78, 5) is 8.67. The van der Waals surface area contributed by atoms with Gasteiger partial charge in [-0.25, -0.2) is 15.8 Å². The van der Waals surface area contributed by atoms with E-state index in [1.807, 2.05) is 13.8 Å². The molecule has 1 aromatic heterocycles. The first-order valence-electron chi connectivity index (χ1n) is 5.87. The molecule has 96 valence electrons.